The summed E-state index contributed by atoms with van der Waals surface area (Å²) in [5, 5.41) is 4.17. The summed E-state index contributed by atoms with van der Waals surface area (Å²) >= 11 is 0. The van der Waals surface area contributed by atoms with Gasteiger partial charge in [-0.1, -0.05) is 6.92 Å². The lowest BCUT2D eigenvalue weighted by Crippen LogP contribution is -2.49. The minimum atomic E-state index is -4.99. The molecule has 1 aliphatic heterocycles. The van der Waals surface area contributed by atoms with Crippen molar-refractivity contribution in [2.75, 3.05) is 31.6 Å². The summed E-state index contributed by atoms with van der Waals surface area (Å²) in [4.78, 5) is 41.2. The fraction of sp³-hybridized carbons (Fsp3) is 0.605. The van der Waals surface area contributed by atoms with Crippen molar-refractivity contribution in [3.63, 3.8) is 0 Å². The Morgan fingerprint density at radius 3 is 2.09 bits per heavy atom. The number of urea groups is 1. The number of carbonyl (C=O) groups is 2. The molecule has 2 aromatic heterocycles. The number of rotatable bonds is 9. The van der Waals surface area contributed by atoms with Crippen molar-refractivity contribution in [2.45, 2.75) is 89.3 Å². The van der Waals surface area contributed by atoms with Crippen molar-refractivity contribution in [3.8, 4) is 11.1 Å². The molecule has 0 bridgehead atoms. The lowest BCUT2D eigenvalue weighted by atomic mass is 9.82. The number of carbonyl (C=O) groups excluding carboxylic acids is 2. The third kappa shape index (κ3) is 7.24. The number of likely N-dealkylation sites (tertiary alicyclic amines) is 1. The summed E-state index contributed by atoms with van der Waals surface area (Å²) in [5.74, 6) is 0.352. The molecule has 3 aromatic rings. The van der Waals surface area contributed by atoms with E-state index in [1.165, 1.54) is 7.11 Å². The smallest absolute Gasteiger partial charge is 0.416 e. The van der Waals surface area contributed by atoms with Crippen molar-refractivity contribution < 1.29 is 40.7 Å². The van der Waals surface area contributed by atoms with Gasteiger partial charge >= 0.3 is 24.4 Å². The number of hydrogen-bond donors (Lipinski definition) is 0. The van der Waals surface area contributed by atoms with E-state index in [0.29, 0.717) is 38.0 Å². The number of anilines is 1. The lowest BCUT2D eigenvalue weighted by Gasteiger charge is -2.36. The van der Waals surface area contributed by atoms with Crippen LogP contribution in [0.1, 0.15) is 75.5 Å². The zero-order valence-electron chi connectivity index (χ0n) is 30.8. The predicted molar refractivity (Wildman–Crippen MR) is 186 cm³/mol. The molecule has 4 fully saturated rings. The Morgan fingerprint density at radius 1 is 0.944 bits per heavy atom. The number of alkyl halides is 6. The van der Waals surface area contributed by atoms with E-state index in [1.807, 2.05) is 16.7 Å². The Labute approximate surface area is 309 Å². The third-order valence-electron chi connectivity index (χ3n) is 12.3. The van der Waals surface area contributed by atoms with Gasteiger partial charge in [0, 0.05) is 79.9 Å². The topological polar surface area (TPSA) is 96.7 Å². The highest BCUT2D eigenvalue weighted by Crippen LogP contribution is 2.69. The molecule has 10 nitrogen and oxygen atoms in total. The number of esters is 1. The maximum Gasteiger partial charge on any atom is 0.416 e. The second kappa shape index (κ2) is 13.7. The number of ether oxygens (including phenoxy) is 1. The number of benzene rings is 1. The molecule has 1 aromatic carbocycles. The first-order valence-electron chi connectivity index (χ1n) is 18.5. The van der Waals surface area contributed by atoms with Crippen molar-refractivity contribution in [3.05, 3.63) is 59.7 Å². The maximum atomic E-state index is 14.4. The Balaban J connectivity index is 1.16. The van der Waals surface area contributed by atoms with Crippen LogP contribution in [0.15, 0.2) is 43.0 Å². The molecular weight excluding hydrogens is 716 g/mol. The molecule has 4 atom stereocenters. The molecule has 2 spiro atoms. The summed E-state index contributed by atoms with van der Waals surface area (Å²) in [6.07, 6.45) is 1.71. The van der Waals surface area contributed by atoms with Crippen LogP contribution in [0.3, 0.4) is 0 Å². The minimum Gasteiger partial charge on any atom is -0.469 e. The summed E-state index contributed by atoms with van der Waals surface area (Å²) < 4.78 is 89.9. The van der Waals surface area contributed by atoms with Crippen LogP contribution >= 0.6 is 0 Å². The Bertz CT molecular complexity index is 1840. The van der Waals surface area contributed by atoms with E-state index >= 15 is 0 Å². The third-order valence-corrected chi connectivity index (χ3v) is 12.3. The zero-order chi connectivity index (χ0) is 38.8. The molecule has 292 valence electrons. The summed E-state index contributed by atoms with van der Waals surface area (Å²) in [6.45, 7) is 5.25. The van der Waals surface area contributed by atoms with E-state index in [4.69, 9.17) is 4.74 Å². The van der Waals surface area contributed by atoms with Crippen LogP contribution in [0, 0.1) is 23.2 Å². The van der Waals surface area contributed by atoms with Crippen molar-refractivity contribution in [1.82, 2.24) is 29.5 Å². The van der Waals surface area contributed by atoms with Crippen molar-refractivity contribution >= 4 is 17.9 Å². The SMILES string of the molecule is CCN(CC1CCC(C(=O)OC)CC1)C(=O)N1CC2(CC2N(Cc2cc(C(F)(F)F)cc(C(F)(F)F)c2)c2ncc(-c3cnn(C)c3)cn2)C[C@@]12C[C@H]2C. The number of methoxy groups -OCH3 is 1. The van der Waals surface area contributed by atoms with Gasteiger partial charge in [0.05, 0.1) is 30.4 Å². The van der Waals surface area contributed by atoms with Crippen LogP contribution in [-0.4, -0.2) is 79.9 Å². The van der Waals surface area contributed by atoms with Crippen LogP contribution in [-0.2, 0) is 35.5 Å². The largest absolute Gasteiger partial charge is 0.469 e. The van der Waals surface area contributed by atoms with Gasteiger partial charge in [-0.3, -0.25) is 9.48 Å². The molecule has 3 aliphatic carbocycles. The lowest BCUT2D eigenvalue weighted by molar-refractivity contribution is -0.147. The van der Waals surface area contributed by atoms with Gasteiger partial charge in [-0.05, 0) is 87.5 Å². The molecule has 2 unspecified atom stereocenters. The monoisotopic (exact) mass is 761 g/mol. The molecule has 0 radical (unpaired) electrons. The first-order chi connectivity index (χ1) is 25.5. The van der Waals surface area contributed by atoms with Crippen LogP contribution in [0.25, 0.3) is 11.1 Å². The standard InChI is InChI=1S/C38H45F6N7O3/c1-5-49(18-24-6-8-26(9-7-24)32(52)54-4)34(53)51-22-35(21-36(51)13-23(36)2)14-31(35)50(33-45-15-27(16-46-33)28-17-47-48(3)20-28)19-25-10-29(37(39,40)41)12-30(11-25)38(42,43)44/h10-12,15-17,20,23-24,26,31H,5-9,13-14,18-19,21-22H2,1-4H3/t23-,24?,26?,31?,35?,36-/m1/s1. The van der Waals surface area contributed by atoms with Gasteiger partial charge in [0.1, 0.15) is 0 Å². The quantitative estimate of drug-likeness (QED) is 0.164. The molecule has 16 heteroatoms. The van der Waals surface area contributed by atoms with Crippen LogP contribution in [0.5, 0.6) is 0 Å². The molecular formula is C38H45F6N7O3. The maximum absolute atomic E-state index is 14.4. The first kappa shape index (κ1) is 37.9. The van der Waals surface area contributed by atoms with Crippen LogP contribution in [0.4, 0.5) is 37.1 Å². The van der Waals surface area contributed by atoms with Crippen LogP contribution < -0.4 is 4.90 Å². The van der Waals surface area contributed by atoms with Gasteiger partial charge < -0.3 is 19.4 Å². The van der Waals surface area contributed by atoms with E-state index in [-0.39, 0.29) is 65.5 Å². The van der Waals surface area contributed by atoms with E-state index in [1.54, 1.807) is 41.4 Å². The van der Waals surface area contributed by atoms with Crippen molar-refractivity contribution in [2.24, 2.45) is 30.2 Å². The number of hydrogen-bond acceptors (Lipinski definition) is 7. The predicted octanol–water partition coefficient (Wildman–Crippen LogP) is 7.59. The van der Waals surface area contributed by atoms with Gasteiger partial charge in [-0.2, -0.15) is 31.4 Å². The van der Waals surface area contributed by atoms with E-state index < -0.39 is 28.9 Å². The van der Waals surface area contributed by atoms with E-state index in [0.717, 1.165) is 49.8 Å². The summed E-state index contributed by atoms with van der Waals surface area (Å²) in [6, 6.07) is 1.25. The Kier molecular flexibility index (Phi) is 9.64. The Morgan fingerprint density at radius 2 is 1.57 bits per heavy atom. The van der Waals surface area contributed by atoms with Gasteiger partial charge in [0.2, 0.25) is 5.95 Å². The summed E-state index contributed by atoms with van der Waals surface area (Å²) in [7, 11) is 3.16. The fourth-order valence-corrected chi connectivity index (χ4v) is 9.10. The molecule has 54 heavy (non-hydrogen) atoms. The number of halogens is 6. The van der Waals surface area contributed by atoms with Gasteiger partial charge in [0.25, 0.3) is 0 Å². The van der Waals surface area contributed by atoms with Crippen LogP contribution in [0.2, 0.25) is 0 Å². The highest BCUT2D eigenvalue weighted by molar-refractivity contribution is 5.77. The number of aromatic nitrogens is 4. The number of aryl methyl sites for hydroxylation is 1. The molecule has 7 rings (SSSR count). The number of nitrogens with zero attached hydrogens (tertiary/aromatic N) is 7. The molecule has 0 N–H and O–H groups in total. The molecule has 4 aliphatic rings. The highest BCUT2D eigenvalue weighted by Gasteiger charge is 2.73. The highest BCUT2D eigenvalue weighted by atomic mass is 19.4. The van der Waals surface area contributed by atoms with Gasteiger partial charge in [-0.25, -0.2) is 14.8 Å². The van der Waals surface area contributed by atoms with Crippen molar-refractivity contribution in [1.29, 1.82) is 0 Å². The zero-order valence-corrected chi connectivity index (χ0v) is 30.8. The number of amides is 2. The molecule has 1 saturated heterocycles. The molecule has 2 amide bonds. The fourth-order valence-electron chi connectivity index (χ4n) is 9.10. The average Bonchev–Trinajstić information content (AvgIpc) is 3.87. The summed E-state index contributed by atoms with van der Waals surface area (Å²) in [5.41, 5.74) is -2.36. The second-order valence-corrected chi connectivity index (χ2v) is 15.8. The van der Waals surface area contributed by atoms with E-state index in [2.05, 4.69) is 22.0 Å². The van der Waals surface area contributed by atoms with E-state index in [9.17, 15) is 35.9 Å². The van der Waals surface area contributed by atoms with Gasteiger partial charge in [0.15, 0.2) is 0 Å². The normalized spacial score (nSPS) is 27.7. The van der Waals surface area contributed by atoms with Gasteiger partial charge in [-0.15, -0.1) is 0 Å². The molecule has 3 saturated carbocycles. The first-order valence-corrected chi connectivity index (χ1v) is 18.5. The average molecular weight is 762 g/mol. The minimum absolute atomic E-state index is 0.0595. The molecule has 3 heterocycles. The second-order valence-electron chi connectivity index (χ2n) is 15.8. The Hall–Kier alpha value is -4.37.